The average molecular weight is 409 g/mol. The molecule has 0 saturated carbocycles. The van der Waals surface area contributed by atoms with Gasteiger partial charge in [-0.2, -0.15) is 0 Å². The third kappa shape index (κ3) is 4.17. The third-order valence-electron chi connectivity index (χ3n) is 3.52. The molecule has 0 aliphatic rings. The number of rotatable bonds is 6. The summed E-state index contributed by atoms with van der Waals surface area (Å²) < 4.78 is 34.0. The van der Waals surface area contributed by atoms with Crippen LogP contribution in [0, 0.1) is 6.92 Å². The van der Waals surface area contributed by atoms with Gasteiger partial charge in [-0.15, -0.1) is 11.3 Å². The quantitative estimate of drug-likeness (QED) is 0.625. The van der Waals surface area contributed by atoms with Gasteiger partial charge in [0.2, 0.25) is 0 Å². The molecule has 0 bridgehead atoms. The zero-order chi connectivity index (χ0) is 18.7. The number of aryl methyl sites for hydroxylation is 1. The molecule has 1 N–H and O–H groups in total. The topological polar surface area (TPSA) is 68.3 Å². The zero-order valence-electron chi connectivity index (χ0n) is 14.2. The second-order valence-corrected chi connectivity index (χ2v) is 8.61. The summed E-state index contributed by atoms with van der Waals surface area (Å²) in [5.41, 5.74) is 1.83. The van der Waals surface area contributed by atoms with Crippen LogP contribution >= 0.6 is 22.9 Å². The van der Waals surface area contributed by atoms with E-state index in [9.17, 15) is 8.42 Å². The first-order chi connectivity index (χ1) is 12.4. The van der Waals surface area contributed by atoms with Crippen LogP contribution in [0.5, 0.6) is 5.75 Å². The molecule has 3 rings (SSSR count). The minimum atomic E-state index is -3.86. The molecule has 0 fully saturated rings. The Morgan fingerprint density at radius 2 is 2.04 bits per heavy atom. The number of aromatic nitrogens is 1. The Kier molecular flexibility index (Phi) is 5.50. The summed E-state index contributed by atoms with van der Waals surface area (Å²) in [6.45, 7) is 4.06. The molecule has 0 unspecified atom stereocenters. The summed E-state index contributed by atoms with van der Waals surface area (Å²) in [5, 5.41) is 3.25. The van der Waals surface area contributed by atoms with Gasteiger partial charge in [0.15, 0.2) is 0 Å². The van der Waals surface area contributed by atoms with E-state index in [1.54, 1.807) is 49.4 Å². The molecule has 5 nitrogen and oxygen atoms in total. The molecule has 8 heteroatoms. The van der Waals surface area contributed by atoms with Gasteiger partial charge in [0, 0.05) is 16.0 Å². The number of sulfonamides is 1. The number of hydrogen-bond donors (Lipinski definition) is 1. The van der Waals surface area contributed by atoms with E-state index in [2.05, 4.69) is 9.71 Å². The fraction of sp³-hybridized carbons (Fsp3) is 0.167. The summed E-state index contributed by atoms with van der Waals surface area (Å²) in [6, 6.07) is 11.6. The predicted molar refractivity (Wildman–Crippen MR) is 106 cm³/mol. The van der Waals surface area contributed by atoms with Crippen molar-refractivity contribution in [1.29, 1.82) is 0 Å². The largest absolute Gasteiger partial charge is 0.492 e. The van der Waals surface area contributed by atoms with Crippen LogP contribution in [0.3, 0.4) is 0 Å². The highest BCUT2D eigenvalue weighted by atomic mass is 35.5. The SMILES string of the molecule is CCOc1ccc(-c2csc(C)n2)cc1S(=O)(=O)Nc1cccc(Cl)c1. The predicted octanol–water partition coefficient (Wildman–Crippen LogP) is 4.97. The second kappa shape index (κ2) is 7.65. The Bertz CT molecular complexity index is 1030. The highest BCUT2D eigenvalue weighted by Crippen LogP contribution is 2.32. The summed E-state index contributed by atoms with van der Waals surface area (Å²) in [4.78, 5) is 4.48. The van der Waals surface area contributed by atoms with E-state index in [1.165, 1.54) is 11.3 Å². The first-order valence-corrected chi connectivity index (χ1v) is 10.6. The molecule has 1 aromatic heterocycles. The van der Waals surface area contributed by atoms with Crippen molar-refractivity contribution in [3.05, 3.63) is 57.9 Å². The number of nitrogens with zero attached hydrogens (tertiary/aromatic N) is 1. The average Bonchev–Trinajstić information content (AvgIpc) is 3.01. The minimum Gasteiger partial charge on any atom is -0.492 e. The number of thiazole rings is 1. The lowest BCUT2D eigenvalue weighted by Gasteiger charge is -2.14. The number of anilines is 1. The lowest BCUT2D eigenvalue weighted by molar-refractivity contribution is 0.331. The van der Waals surface area contributed by atoms with E-state index >= 15 is 0 Å². The highest BCUT2D eigenvalue weighted by Gasteiger charge is 2.21. The summed E-state index contributed by atoms with van der Waals surface area (Å²) in [5.74, 6) is 0.290. The molecule has 26 heavy (non-hydrogen) atoms. The van der Waals surface area contributed by atoms with Crippen LogP contribution < -0.4 is 9.46 Å². The lowest BCUT2D eigenvalue weighted by Crippen LogP contribution is -2.14. The van der Waals surface area contributed by atoms with Crippen LogP contribution in [0.2, 0.25) is 5.02 Å². The van der Waals surface area contributed by atoms with E-state index in [1.807, 2.05) is 12.3 Å². The second-order valence-electron chi connectivity index (χ2n) is 5.46. The van der Waals surface area contributed by atoms with Crippen LogP contribution in [0.1, 0.15) is 11.9 Å². The number of hydrogen-bond acceptors (Lipinski definition) is 5. The van der Waals surface area contributed by atoms with E-state index < -0.39 is 10.0 Å². The van der Waals surface area contributed by atoms with Gasteiger partial charge in [0.05, 0.1) is 23.0 Å². The summed E-state index contributed by atoms with van der Waals surface area (Å²) in [7, 11) is -3.86. The zero-order valence-corrected chi connectivity index (χ0v) is 16.6. The Morgan fingerprint density at radius 1 is 1.23 bits per heavy atom. The maximum atomic E-state index is 12.9. The molecule has 0 amide bonds. The van der Waals surface area contributed by atoms with Crippen molar-refractivity contribution in [2.24, 2.45) is 0 Å². The molecule has 0 radical (unpaired) electrons. The smallest absolute Gasteiger partial charge is 0.265 e. The molecule has 0 aliphatic heterocycles. The molecule has 2 aromatic carbocycles. The third-order valence-corrected chi connectivity index (χ3v) is 5.94. The maximum Gasteiger partial charge on any atom is 0.265 e. The Balaban J connectivity index is 2.05. The van der Waals surface area contributed by atoms with Gasteiger partial charge in [-0.3, -0.25) is 4.72 Å². The molecule has 3 aromatic rings. The van der Waals surface area contributed by atoms with Crippen LogP contribution in [-0.2, 0) is 10.0 Å². The summed E-state index contributed by atoms with van der Waals surface area (Å²) >= 11 is 7.45. The van der Waals surface area contributed by atoms with Crippen LogP contribution in [0.15, 0.2) is 52.7 Å². The lowest BCUT2D eigenvalue weighted by atomic mass is 10.2. The van der Waals surface area contributed by atoms with Crippen LogP contribution in [0.4, 0.5) is 5.69 Å². The molecular formula is C18H17ClN2O3S2. The van der Waals surface area contributed by atoms with Crippen molar-refractivity contribution in [1.82, 2.24) is 4.98 Å². The normalized spacial score (nSPS) is 11.3. The molecule has 136 valence electrons. The molecule has 0 saturated heterocycles. The van der Waals surface area contributed by atoms with Gasteiger partial charge in [0.25, 0.3) is 10.0 Å². The van der Waals surface area contributed by atoms with Gasteiger partial charge in [-0.25, -0.2) is 13.4 Å². The van der Waals surface area contributed by atoms with E-state index in [-0.39, 0.29) is 10.6 Å². The van der Waals surface area contributed by atoms with Crippen molar-refractivity contribution in [2.75, 3.05) is 11.3 Å². The Morgan fingerprint density at radius 3 is 2.69 bits per heavy atom. The number of halogens is 1. The monoisotopic (exact) mass is 408 g/mol. The fourth-order valence-corrected chi connectivity index (χ4v) is 4.44. The minimum absolute atomic E-state index is 0.0579. The number of benzene rings is 2. The van der Waals surface area contributed by atoms with Crippen molar-refractivity contribution in [3.8, 4) is 17.0 Å². The molecule has 0 spiro atoms. The van der Waals surface area contributed by atoms with Crippen molar-refractivity contribution >= 4 is 38.6 Å². The summed E-state index contributed by atoms with van der Waals surface area (Å²) in [6.07, 6.45) is 0. The maximum absolute atomic E-state index is 12.9. The first-order valence-electron chi connectivity index (χ1n) is 7.87. The van der Waals surface area contributed by atoms with Crippen LogP contribution in [0.25, 0.3) is 11.3 Å². The molecule has 0 atom stereocenters. The number of nitrogens with one attached hydrogen (secondary N) is 1. The first kappa shape index (κ1) is 18.7. The molecular weight excluding hydrogens is 392 g/mol. The standard InChI is InChI=1S/C18H17ClN2O3S2/c1-3-24-17-8-7-13(16-11-25-12(2)20-16)9-18(17)26(22,23)21-15-6-4-5-14(19)10-15/h4-11,21H,3H2,1-2H3. The van der Waals surface area contributed by atoms with E-state index in [0.29, 0.717) is 22.9 Å². The van der Waals surface area contributed by atoms with Crippen LogP contribution in [-0.4, -0.2) is 20.0 Å². The van der Waals surface area contributed by atoms with Crippen molar-refractivity contribution in [3.63, 3.8) is 0 Å². The van der Waals surface area contributed by atoms with Gasteiger partial charge in [-0.1, -0.05) is 17.7 Å². The Labute approximate surface area is 161 Å². The van der Waals surface area contributed by atoms with Crippen molar-refractivity contribution < 1.29 is 13.2 Å². The van der Waals surface area contributed by atoms with E-state index in [4.69, 9.17) is 16.3 Å². The van der Waals surface area contributed by atoms with Crippen molar-refractivity contribution in [2.45, 2.75) is 18.7 Å². The highest BCUT2D eigenvalue weighted by molar-refractivity contribution is 7.92. The van der Waals surface area contributed by atoms with Gasteiger partial charge >= 0.3 is 0 Å². The fourth-order valence-electron chi connectivity index (χ4n) is 2.41. The molecule has 0 aliphatic carbocycles. The van der Waals surface area contributed by atoms with Gasteiger partial charge < -0.3 is 4.74 Å². The van der Waals surface area contributed by atoms with E-state index in [0.717, 1.165) is 10.7 Å². The number of ether oxygens (including phenoxy) is 1. The van der Waals surface area contributed by atoms with Gasteiger partial charge in [0.1, 0.15) is 10.6 Å². The Hall–Kier alpha value is -2.09. The van der Waals surface area contributed by atoms with Gasteiger partial charge in [-0.05, 0) is 50.2 Å². The molecule has 1 heterocycles.